The second-order valence-corrected chi connectivity index (χ2v) is 6.03. The molecular formula is C15H25N. The molecule has 0 aromatic heterocycles. The Hall–Kier alpha value is -0.820. The van der Waals surface area contributed by atoms with E-state index in [9.17, 15) is 0 Å². The van der Waals surface area contributed by atoms with Gasteiger partial charge in [-0.15, -0.1) is 0 Å². The number of hydrogen-bond donors (Lipinski definition) is 1. The largest absolute Gasteiger partial charge is 0.313 e. The van der Waals surface area contributed by atoms with Gasteiger partial charge in [0.1, 0.15) is 0 Å². The molecule has 1 unspecified atom stereocenters. The van der Waals surface area contributed by atoms with Crippen LogP contribution in [0.2, 0.25) is 0 Å². The molecule has 0 bridgehead atoms. The van der Waals surface area contributed by atoms with Crippen LogP contribution in [0.3, 0.4) is 0 Å². The highest BCUT2D eigenvalue weighted by molar-refractivity contribution is 5.30. The molecule has 0 aliphatic heterocycles. The van der Waals surface area contributed by atoms with Crippen molar-refractivity contribution in [3.8, 4) is 0 Å². The molecule has 0 spiro atoms. The maximum Gasteiger partial charge on any atom is 0.0322 e. The Labute approximate surface area is 100 Å². The minimum absolute atomic E-state index is 0.353. The van der Waals surface area contributed by atoms with Crippen molar-refractivity contribution >= 4 is 0 Å². The molecular weight excluding hydrogens is 194 g/mol. The normalized spacial score (nSPS) is 13.9. The summed E-state index contributed by atoms with van der Waals surface area (Å²) in [6, 6.07) is 7.27. The molecule has 0 aliphatic carbocycles. The first kappa shape index (κ1) is 13.2. The standard InChI is InChI=1S/C15H25N/c1-11-7-12(2)9-13(8-11)14(16-6)10-15(3,4)5/h7-9,14,16H,10H2,1-6H3. The van der Waals surface area contributed by atoms with E-state index in [4.69, 9.17) is 0 Å². The van der Waals surface area contributed by atoms with Gasteiger partial charge in [0.25, 0.3) is 0 Å². The van der Waals surface area contributed by atoms with Crippen molar-refractivity contribution in [2.75, 3.05) is 7.05 Å². The van der Waals surface area contributed by atoms with E-state index in [0.29, 0.717) is 11.5 Å². The molecule has 1 heteroatoms. The minimum Gasteiger partial charge on any atom is -0.313 e. The average Bonchev–Trinajstić information content (AvgIpc) is 2.11. The summed E-state index contributed by atoms with van der Waals surface area (Å²) in [4.78, 5) is 0. The molecule has 0 heterocycles. The van der Waals surface area contributed by atoms with E-state index in [1.165, 1.54) is 16.7 Å². The summed E-state index contributed by atoms with van der Waals surface area (Å²) in [6.07, 6.45) is 1.16. The minimum atomic E-state index is 0.353. The molecule has 0 aliphatic rings. The van der Waals surface area contributed by atoms with Gasteiger partial charge >= 0.3 is 0 Å². The Bertz CT molecular complexity index is 327. The molecule has 1 atom stereocenters. The van der Waals surface area contributed by atoms with Gasteiger partial charge < -0.3 is 5.32 Å². The van der Waals surface area contributed by atoms with Crippen LogP contribution in [0.1, 0.15) is 49.9 Å². The van der Waals surface area contributed by atoms with Crippen LogP contribution in [0.5, 0.6) is 0 Å². The molecule has 1 N–H and O–H groups in total. The van der Waals surface area contributed by atoms with Crippen molar-refractivity contribution in [2.45, 2.75) is 47.1 Å². The Morgan fingerprint density at radius 1 is 1.06 bits per heavy atom. The van der Waals surface area contributed by atoms with E-state index < -0.39 is 0 Å². The van der Waals surface area contributed by atoms with E-state index in [1.807, 2.05) is 7.05 Å². The second-order valence-electron chi connectivity index (χ2n) is 6.03. The number of hydrogen-bond acceptors (Lipinski definition) is 1. The Morgan fingerprint density at radius 3 is 1.94 bits per heavy atom. The summed E-state index contributed by atoms with van der Waals surface area (Å²) in [5.74, 6) is 0. The lowest BCUT2D eigenvalue weighted by atomic mass is 9.85. The maximum absolute atomic E-state index is 3.43. The van der Waals surface area contributed by atoms with Crippen LogP contribution in [-0.4, -0.2) is 7.05 Å². The molecule has 0 fully saturated rings. The molecule has 16 heavy (non-hydrogen) atoms. The van der Waals surface area contributed by atoms with Gasteiger partial charge in [0.15, 0.2) is 0 Å². The SMILES string of the molecule is CNC(CC(C)(C)C)c1cc(C)cc(C)c1. The number of nitrogens with one attached hydrogen (secondary N) is 1. The summed E-state index contributed by atoms with van der Waals surface area (Å²) < 4.78 is 0. The van der Waals surface area contributed by atoms with Gasteiger partial charge in [-0.05, 0) is 38.3 Å². The number of benzene rings is 1. The molecule has 0 saturated heterocycles. The molecule has 1 aromatic carbocycles. The summed E-state index contributed by atoms with van der Waals surface area (Å²) in [5.41, 5.74) is 4.47. The fourth-order valence-corrected chi connectivity index (χ4v) is 2.21. The van der Waals surface area contributed by atoms with Gasteiger partial charge in [0.2, 0.25) is 0 Å². The molecule has 90 valence electrons. The lowest BCUT2D eigenvalue weighted by molar-refractivity contribution is 0.320. The third-order valence-corrected chi connectivity index (χ3v) is 2.81. The van der Waals surface area contributed by atoms with Crippen LogP contribution in [0, 0.1) is 19.3 Å². The predicted octanol–water partition coefficient (Wildman–Crippen LogP) is 4.00. The van der Waals surface area contributed by atoms with Crippen LogP contribution in [0.15, 0.2) is 18.2 Å². The summed E-state index contributed by atoms with van der Waals surface area (Å²) >= 11 is 0. The molecule has 0 saturated carbocycles. The lowest BCUT2D eigenvalue weighted by Crippen LogP contribution is -2.22. The predicted molar refractivity (Wildman–Crippen MR) is 71.8 cm³/mol. The van der Waals surface area contributed by atoms with Crippen molar-refractivity contribution in [1.29, 1.82) is 0 Å². The van der Waals surface area contributed by atoms with Gasteiger partial charge in [0, 0.05) is 6.04 Å². The first-order valence-electron chi connectivity index (χ1n) is 6.07. The second kappa shape index (κ2) is 5.01. The number of rotatable bonds is 3. The highest BCUT2D eigenvalue weighted by Crippen LogP contribution is 2.29. The van der Waals surface area contributed by atoms with E-state index in [0.717, 1.165) is 6.42 Å². The monoisotopic (exact) mass is 219 g/mol. The van der Waals surface area contributed by atoms with Gasteiger partial charge in [0.05, 0.1) is 0 Å². The Kier molecular flexibility index (Phi) is 4.15. The fraction of sp³-hybridized carbons (Fsp3) is 0.600. The van der Waals surface area contributed by atoms with Crippen molar-refractivity contribution in [2.24, 2.45) is 5.41 Å². The molecule has 0 amide bonds. The van der Waals surface area contributed by atoms with Crippen molar-refractivity contribution in [3.05, 3.63) is 34.9 Å². The van der Waals surface area contributed by atoms with E-state index in [2.05, 4.69) is 58.1 Å². The highest BCUT2D eigenvalue weighted by atomic mass is 14.9. The first-order valence-corrected chi connectivity index (χ1v) is 6.07. The van der Waals surface area contributed by atoms with Crippen molar-refractivity contribution < 1.29 is 0 Å². The van der Waals surface area contributed by atoms with E-state index in [1.54, 1.807) is 0 Å². The molecule has 1 rings (SSSR count). The topological polar surface area (TPSA) is 12.0 Å². The Morgan fingerprint density at radius 2 is 1.56 bits per heavy atom. The lowest BCUT2D eigenvalue weighted by Gasteiger charge is -2.26. The zero-order chi connectivity index (χ0) is 12.3. The van der Waals surface area contributed by atoms with Crippen LogP contribution < -0.4 is 5.32 Å². The first-order chi connectivity index (χ1) is 7.31. The Balaban J connectivity index is 2.95. The van der Waals surface area contributed by atoms with Crippen molar-refractivity contribution in [1.82, 2.24) is 5.32 Å². The fourth-order valence-electron chi connectivity index (χ4n) is 2.21. The number of aryl methyl sites for hydroxylation is 2. The zero-order valence-electron chi connectivity index (χ0n) is 11.5. The maximum atomic E-state index is 3.43. The third kappa shape index (κ3) is 3.97. The van der Waals surface area contributed by atoms with Crippen LogP contribution in [0.4, 0.5) is 0 Å². The third-order valence-electron chi connectivity index (χ3n) is 2.81. The van der Waals surface area contributed by atoms with Crippen LogP contribution >= 0.6 is 0 Å². The molecule has 1 nitrogen and oxygen atoms in total. The summed E-state index contributed by atoms with van der Waals surface area (Å²) in [7, 11) is 2.05. The summed E-state index contributed by atoms with van der Waals surface area (Å²) in [6.45, 7) is 11.2. The zero-order valence-corrected chi connectivity index (χ0v) is 11.5. The van der Waals surface area contributed by atoms with E-state index >= 15 is 0 Å². The van der Waals surface area contributed by atoms with Gasteiger partial charge in [-0.1, -0.05) is 50.1 Å². The van der Waals surface area contributed by atoms with Gasteiger partial charge in [-0.25, -0.2) is 0 Å². The average molecular weight is 219 g/mol. The van der Waals surface area contributed by atoms with Gasteiger partial charge in [-0.3, -0.25) is 0 Å². The van der Waals surface area contributed by atoms with Crippen LogP contribution in [0.25, 0.3) is 0 Å². The molecule has 1 aromatic rings. The highest BCUT2D eigenvalue weighted by Gasteiger charge is 2.19. The quantitative estimate of drug-likeness (QED) is 0.810. The van der Waals surface area contributed by atoms with Crippen LogP contribution in [-0.2, 0) is 0 Å². The molecule has 0 radical (unpaired) electrons. The van der Waals surface area contributed by atoms with Crippen molar-refractivity contribution in [3.63, 3.8) is 0 Å². The van der Waals surface area contributed by atoms with E-state index in [-0.39, 0.29) is 0 Å². The van der Waals surface area contributed by atoms with Gasteiger partial charge in [-0.2, -0.15) is 0 Å². The summed E-state index contributed by atoms with van der Waals surface area (Å²) in [5, 5.41) is 3.43. The smallest absolute Gasteiger partial charge is 0.0322 e.